The van der Waals surface area contributed by atoms with Gasteiger partial charge in [0.05, 0.1) is 22.5 Å². The number of nitrogens with zero attached hydrogens (tertiary/aromatic N) is 2. The Bertz CT molecular complexity index is 911. The molecule has 1 aliphatic rings. The Balaban J connectivity index is 1.24. The summed E-state index contributed by atoms with van der Waals surface area (Å²) in [5, 5.41) is 1.05. The second kappa shape index (κ2) is 8.19. The molecule has 0 saturated heterocycles. The lowest BCUT2D eigenvalue weighted by Crippen LogP contribution is -2.42. The number of benzene rings is 2. The number of fused-ring (bicyclic) bond motifs is 2. The molecule has 1 aromatic heterocycles. The summed E-state index contributed by atoms with van der Waals surface area (Å²) in [7, 11) is 1.81. The molecule has 7 heteroatoms. The molecule has 5 nitrogen and oxygen atoms in total. The van der Waals surface area contributed by atoms with E-state index in [0.29, 0.717) is 18.9 Å². The van der Waals surface area contributed by atoms with E-state index >= 15 is 0 Å². The number of para-hydroxylation sites is 3. The van der Waals surface area contributed by atoms with Crippen LogP contribution in [0, 0.1) is 0 Å². The molecule has 0 radical (unpaired) electrons. The van der Waals surface area contributed by atoms with Gasteiger partial charge in [0.15, 0.2) is 17.6 Å². The van der Waals surface area contributed by atoms with Gasteiger partial charge in [-0.25, -0.2) is 4.98 Å². The monoisotopic (exact) mass is 400 g/mol. The molecule has 2 aromatic carbocycles. The average molecular weight is 401 g/mol. The quantitative estimate of drug-likeness (QED) is 0.629. The van der Waals surface area contributed by atoms with Crippen molar-refractivity contribution in [1.29, 1.82) is 0 Å². The van der Waals surface area contributed by atoms with E-state index in [4.69, 9.17) is 9.47 Å². The first-order valence-electron chi connectivity index (χ1n) is 8.73. The van der Waals surface area contributed by atoms with E-state index in [1.165, 1.54) is 4.70 Å². The zero-order chi connectivity index (χ0) is 18.6. The Kier molecular flexibility index (Phi) is 5.50. The Morgan fingerprint density at radius 3 is 2.85 bits per heavy atom. The first-order valence-corrected chi connectivity index (χ1v) is 10.7. The van der Waals surface area contributed by atoms with Crippen molar-refractivity contribution in [3.8, 4) is 11.5 Å². The van der Waals surface area contributed by atoms with Gasteiger partial charge < -0.3 is 14.4 Å². The number of likely N-dealkylation sites (N-methyl/N-ethyl adjacent to an activating group) is 1. The van der Waals surface area contributed by atoms with E-state index < -0.39 is 0 Å². The van der Waals surface area contributed by atoms with Crippen LogP contribution in [0.4, 0.5) is 0 Å². The summed E-state index contributed by atoms with van der Waals surface area (Å²) in [4.78, 5) is 18.7. The molecule has 0 saturated carbocycles. The number of rotatable bonds is 6. The zero-order valence-electron chi connectivity index (χ0n) is 15.0. The molecule has 27 heavy (non-hydrogen) atoms. The molecule has 1 atom stereocenters. The van der Waals surface area contributed by atoms with Gasteiger partial charge in [-0.1, -0.05) is 24.3 Å². The number of hydrogen-bond acceptors (Lipinski definition) is 6. The van der Waals surface area contributed by atoms with E-state index in [1.807, 2.05) is 49.5 Å². The topological polar surface area (TPSA) is 51.7 Å². The lowest BCUT2D eigenvalue weighted by molar-refractivity contribution is -0.128. The molecular weight excluding hydrogens is 380 g/mol. The number of thioether (sulfide) groups is 1. The van der Waals surface area contributed by atoms with Crippen molar-refractivity contribution in [2.75, 3.05) is 26.0 Å². The van der Waals surface area contributed by atoms with Gasteiger partial charge in [-0.05, 0) is 24.3 Å². The Morgan fingerprint density at radius 1 is 1.22 bits per heavy atom. The van der Waals surface area contributed by atoms with Crippen molar-refractivity contribution >= 4 is 39.2 Å². The number of thiazole rings is 1. The van der Waals surface area contributed by atoms with E-state index in [9.17, 15) is 4.79 Å². The summed E-state index contributed by atoms with van der Waals surface area (Å²) in [5.41, 5.74) is 1.02. The minimum absolute atomic E-state index is 0.0866. The van der Waals surface area contributed by atoms with Crippen LogP contribution in [0.2, 0.25) is 0 Å². The molecule has 1 aliphatic heterocycles. The standard InChI is InChI=1S/C20H20N2O3S2/c1-22(10-14-11-24-16-7-3-4-8-17(16)25-14)20(23)13-26-12-19-21-15-6-2-5-9-18(15)27-19/h2-9,14H,10-13H2,1H3/t14-/m0/s1. The Hall–Kier alpha value is -2.25. The lowest BCUT2D eigenvalue weighted by atomic mass is 10.2. The van der Waals surface area contributed by atoms with Gasteiger partial charge >= 0.3 is 0 Å². The van der Waals surface area contributed by atoms with Crippen molar-refractivity contribution in [3.05, 3.63) is 53.5 Å². The Morgan fingerprint density at radius 2 is 2.00 bits per heavy atom. The first kappa shape index (κ1) is 18.1. The Labute approximate surface area is 166 Å². The minimum Gasteiger partial charge on any atom is -0.486 e. The van der Waals surface area contributed by atoms with Crippen LogP contribution >= 0.6 is 23.1 Å². The average Bonchev–Trinajstić information content (AvgIpc) is 3.10. The second-order valence-corrected chi connectivity index (χ2v) is 8.44. The van der Waals surface area contributed by atoms with Crippen LogP contribution in [-0.4, -0.2) is 47.8 Å². The van der Waals surface area contributed by atoms with Gasteiger partial charge in [0, 0.05) is 12.8 Å². The summed E-state index contributed by atoms with van der Waals surface area (Å²) >= 11 is 3.28. The SMILES string of the molecule is CN(C[C@H]1COc2ccccc2O1)C(=O)CSCc1nc2ccccc2s1. The third-order valence-electron chi connectivity index (χ3n) is 4.26. The van der Waals surface area contributed by atoms with Crippen LogP contribution in [0.1, 0.15) is 5.01 Å². The molecule has 2 heterocycles. The van der Waals surface area contributed by atoms with Crippen LogP contribution in [0.25, 0.3) is 10.2 Å². The lowest BCUT2D eigenvalue weighted by Gasteiger charge is -2.29. The van der Waals surface area contributed by atoms with Crippen LogP contribution in [0.5, 0.6) is 11.5 Å². The van der Waals surface area contributed by atoms with Crippen molar-refractivity contribution in [2.24, 2.45) is 0 Å². The molecule has 140 valence electrons. The van der Waals surface area contributed by atoms with Gasteiger partial charge in [0.25, 0.3) is 0 Å². The third kappa shape index (κ3) is 4.36. The van der Waals surface area contributed by atoms with E-state index in [1.54, 1.807) is 28.0 Å². The van der Waals surface area contributed by atoms with Gasteiger partial charge in [-0.3, -0.25) is 4.79 Å². The summed E-state index contributed by atoms with van der Waals surface area (Å²) < 4.78 is 12.8. The molecular formula is C20H20N2O3S2. The van der Waals surface area contributed by atoms with E-state index in [2.05, 4.69) is 11.1 Å². The van der Waals surface area contributed by atoms with Crippen LogP contribution < -0.4 is 9.47 Å². The van der Waals surface area contributed by atoms with E-state index in [-0.39, 0.29) is 12.0 Å². The molecule has 4 rings (SSSR count). The normalized spacial score (nSPS) is 15.7. The maximum absolute atomic E-state index is 12.4. The fourth-order valence-electron chi connectivity index (χ4n) is 2.88. The molecule has 0 N–H and O–H groups in total. The molecule has 1 amide bonds. The summed E-state index contributed by atoms with van der Waals surface area (Å²) in [6, 6.07) is 15.7. The highest BCUT2D eigenvalue weighted by atomic mass is 32.2. The van der Waals surface area contributed by atoms with Crippen LogP contribution in [0.3, 0.4) is 0 Å². The summed E-state index contributed by atoms with van der Waals surface area (Å²) in [6.45, 7) is 0.961. The minimum atomic E-state index is -0.150. The molecule has 0 bridgehead atoms. The number of carbonyl (C=O) groups is 1. The van der Waals surface area contributed by atoms with Crippen LogP contribution in [0.15, 0.2) is 48.5 Å². The van der Waals surface area contributed by atoms with Crippen molar-refractivity contribution in [2.45, 2.75) is 11.9 Å². The van der Waals surface area contributed by atoms with Gasteiger partial charge in [-0.15, -0.1) is 23.1 Å². The fraction of sp³-hybridized carbons (Fsp3) is 0.300. The maximum Gasteiger partial charge on any atom is 0.232 e. The maximum atomic E-state index is 12.4. The molecule has 0 spiro atoms. The molecule has 0 fully saturated rings. The number of amides is 1. The van der Waals surface area contributed by atoms with Gasteiger partial charge in [-0.2, -0.15) is 0 Å². The smallest absolute Gasteiger partial charge is 0.232 e. The number of aromatic nitrogens is 1. The highest BCUT2D eigenvalue weighted by Crippen LogP contribution is 2.31. The molecule has 0 aliphatic carbocycles. The van der Waals surface area contributed by atoms with Crippen LogP contribution in [-0.2, 0) is 10.5 Å². The van der Waals surface area contributed by atoms with Crippen molar-refractivity contribution in [3.63, 3.8) is 0 Å². The predicted molar refractivity (Wildman–Crippen MR) is 110 cm³/mol. The fourth-order valence-corrected chi connectivity index (χ4v) is 4.86. The van der Waals surface area contributed by atoms with Crippen molar-refractivity contribution < 1.29 is 14.3 Å². The largest absolute Gasteiger partial charge is 0.486 e. The number of ether oxygens (including phenoxy) is 2. The number of hydrogen-bond donors (Lipinski definition) is 0. The molecule has 0 unspecified atom stereocenters. The first-order chi connectivity index (χ1) is 13.2. The summed E-state index contributed by atoms with van der Waals surface area (Å²) in [6.07, 6.45) is -0.150. The predicted octanol–water partition coefficient (Wildman–Crippen LogP) is 3.83. The highest BCUT2D eigenvalue weighted by Gasteiger charge is 2.23. The molecule has 3 aromatic rings. The highest BCUT2D eigenvalue weighted by molar-refractivity contribution is 7.99. The van der Waals surface area contributed by atoms with E-state index in [0.717, 1.165) is 27.8 Å². The number of carbonyl (C=O) groups excluding carboxylic acids is 1. The third-order valence-corrected chi connectivity index (χ3v) is 6.41. The zero-order valence-corrected chi connectivity index (χ0v) is 16.6. The summed E-state index contributed by atoms with van der Waals surface area (Å²) in [5.74, 6) is 2.75. The van der Waals surface area contributed by atoms with Gasteiger partial charge in [0.1, 0.15) is 11.6 Å². The van der Waals surface area contributed by atoms with Gasteiger partial charge in [0.2, 0.25) is 5.91 Å². The second-order valence-electron chi connectivity index (χ2n) is 6.34. The van der Waals surface area contributed by atoms with Crippen molar-refractivity contribution in [1.82, 2.24) is 9.88 Å².